The normalized spacial score (nSPS) is 24.3. The molecule has 0 aromatic heterocycles. The van der Waals surface area contributed by atoms with Crippen LogP contribution in [0.3, 0.4) is 0 Å². The Kier molecular flexibility index (Phi) is 7.23. The Morgan fingerprint density at radius 1 is 1.26 bits per heavy atom. The third-order valence-corrected chi connectivity index (χ3v) is 7.84. The lowest BCUT2D eigenvalue weighted by Gasteiger charge is -2.39. The van der Waals surface area contributed by atoms with Gasteiger partial charge in [0.05, 0.1) is 5.69 Å². The number of hydrogen-bond acceptors (Lipinski definition) is 6. The molecular formula is C29H44N4O5. The lowest BCUT2D eigenvalue weighted by Crippen LogP contribution is -2.53. The minimum absolute atomic E-state index is 0.0313. The number of ether oxygens (including phenoxy) is 2. The first-order chi connectivity index (χ1) is 17.6. The van der Waals surface area contributed by atoms with Gasteiger partial charge >= 0.3 is 6.09 Å². The molecule has 210 valence electrons. The Hall–Kier alpha value is -2.81. The summed E-state index contributed by atoms with van der Waals surface area (Å²) in [6, 6.07) is 3.64. The van der Waals surface area contributed by atoms with Crippen LogP contribution in [-0.2, 0) is 9.53 Å². The minimum atomic E-state index is -1.01. The summed E-state index contributed by atoms with van der Waals surface area (Å²) in [5.41, 5.74) is 6.08. The zero-order valence-corrected chi connectivity index (χ0v) is 24.2. The smallest absolute Gasteiger partial charge is 0.410 e. The summed E-state index contributed by atoms with van der Waals surface area (Å²) < 4.78 is 11.7. The molecule has 2 fully saturated rings. The number of amides is 3. The zero-order chi connectivity index (χ0) is 28.2. The van der Waals surface area contributed by atoms with Crippen molar-refractivity contribution in [2.24, 2.45) is 11.1 Å². The Labute approximate surface area is 226 Å². The predicted molar refractivity (Wildman–Crippen MR) is 146 cm³/mol. The van der Waals surface area contributed by atoms with Crippen LogP contribution in [0.4, 0.5) is 10.5 Å². The van der Waals surface area contributed by atoms with Crippen LogP contribution in [-0.4, -0.2) is 77.2 Å². The van der Waals surface area contributed by atoms with E-state index >= 15 is 0 Å². The lowest BCUT2D eigenvalue weighted by molar-refractivity contribution is -0.132. The number of carbonyl (C=O) groups is 3. The SMILES string of the molecule is Cc1cc2c(cc1C(=O)N(C(C)C)C1CC13CCCN(C(=O)OC(C)(C)C)C3)N(CCN)C(=O)C(C)(C)O2. The fourth-order valence-corrected chi connectivity index (χ4v) is 5.97. The fourth-order valence-electron chi connectivity index (χ4n) is 5.97. The van der Waals surface area contributed by atoms with Crippen LogP contribution in [0.2, 0.25) is 0 Å². The molecule has 2 heterocycles. The van der Waals surface area contributed by atoms with Crippen molar-refractivity contribution in [3.63, 3.8) is 0 Å². The molecule has 4 rings (SSSR count). The quantitative estimate of drug-likeness (QED) is 0.617. The third-order valence-electron chi connectivity index (χ3n) is 7.84. The van der Waals surface area contributed by atoms with Crippen LogP contribution in [0.15, 0.2) is 12.1 Å². The Morgan fingerprint density at radius 2 is 1.95 bits per heavy atom. The highest BCUT2D eigenvalue weighted by molar-refractivity contribution is 6.05. The van der Waals surface area contributed by atoms with Gasteiger partial charge in [-0.15, -0.1) is 0 Å². The van der Waals surface area contributed by atoms with Gasteiger partial charge in [0, 0.05) is 49.2 Å². The molecule has 2 atom stereocenters. The van der Waals surface area contributed by atoms with Gasteiger partial charge in [0.1, 0.15) is 11.4 Å². The number of nitrogens with two attached hydrogens (primary N) is 1. The van der Waals surface area contributed by atoms with Gasteiger partial charge < -0.3 is 29.9 Å². The first-order valence-corrected chi connectivity index (χ1v) is 13.8. The van der Waals surface area contributed by atoms with Crippen LogP contribution < -0.4 is 15.4 Å². The second-order valence-corrected chi connectivity index (χ2v) is 12.9. The highest BCUT2D eigenvalue weighted by Crippen LogP contribution is 2.56. The summed E-state index contributed by atoms with van der Waals surface area (Å²) >= 11 is 0. The lowest BCUT2D eigenvalue weighted by atomic mass is 9.93. The molecule has 1 saturated carbocycles. The molecule has 2 aliphatic heterocycles. The maximum atomic E-state index is 14.1. The first-order valence-electron chi connectivity index (χ1n) is 13.8. The Morgan fingerprint density at radius 3 is 2.55 bits per heavy atom. The van der Waals surface area contributed by atoms with Crippen molar-refractivity contribution in [2.75, 3.05) is 31.1 Å². The van der Waals surface area contributed by atoms with Crippen LogP contribution in [0.5, 0.6) is 5.75 Å². The molecule has 1 aromatic rings. The predicted octanol–water partition coefficient (Wildman–Crippen LogP) is 4.10. The molecule has 2 unspecified atom stereocenters. The van der Waals surface area contributed by atoms with Crippen LogP contribution in [0, 0.1) is 12.3 Å². The van der Waals surface area contributed by atoms with Gasteiger partial charge in [0.2, 0.25) is 0 Å². The molecule has 9 heteroatoms. The molecule has 38 heavy (non-hydrogen) atoms. The van der Waals surface area contributed by atoms with Gasteiger partial charge in [0.25, 0.3) is 11.8 Å². The van der Waals surface area contributed by atoms with Crippen molar-refractivity contribution in [3.8, 4) is 5.75 Å². The van der Waals surface area contributed by atoms with E-state index in [2.05, 4.69) is 0 Å². The van der Waals surface area contributed by atoms with Gasteiger partial charge in [-0.2, -0.15) is 0 Å². The molecule has 1 aromatic carbocycles. The van der Waals surface area contributed by atoms with E-state index in [4.69, 9.17) is 15.2 Å². The number of carbonyl (C=O) groups excluding carboxylic acids is 3. The van der Waals surface area contributed by atoms with Gasteiger partial charge in [-0.25, -0.2) is 4.79 Å². The van der Waals surface area contributed by atoms with Crippen molar-refractivity contribution in [2.45, 2.75) is 97.9 Å². The maximum Gasteiger partial charge on any atom is 0.410 e. The van der Waals surface area contributed by atoms with Gasteiger partial charge in [-0.05, 0) is 92.3 Å². The standard InChI is InChI=1S/C29H44N4O5/c1-18(2)33(23-16-29(23)10-9-12-31(17-29)26(36)38-27(4,5)6)24(34)20-15-21-22(14-19(20)3)37-28(7,8)25(35)32(21)13-11-30/h14-15,18,23H,9-13,16-17,30H2,1-8H3. The molecule has 0 radical (unpaired) electrons. The van der Waals surface area contributed by atoms with Crippen LogP contribution >= 0.6 is 0 Å². The summed E-state index contributed by atoms with van der Waals surface area (Å²) in [7, 11) is 0. The first kappa shape index (κ1) is 28.2. The maximum absolute atomic E-state index is 14.1. The number of fused-ring (bicyclic) bond motifs is 1. The number of benzene rings is 1. The molecule has 1 aliphatic carbocycles. The summed E-state index contributed by atoms with van der Waals surface area (Å²) in [6.45, 7) is 17.0. The van der Waals surface area contributed by atoms with Crippen molar-refractivity contribution < 1.29 is 23.9 Å². The highest BCUT2D eigenvalue weighted by atomic mass is 16.6. The number of piperidine rings is 1. The van der Waals surface area contributed by atoms with Crippen molar-refractivity contribution in [3.05, 3.63) is 23.3 Å². The fraction of sp³-hybridized carbons (Fsp3) is 0.690. The molecule has 3 amide bonds. The second kappa shape index (κ2) is 9.74. The van der Waals surface area contributed by atoms with E-state index in [0.29, 0.717) is 43.2 Å². The number of aryl methyl sites for hydroxylation is 1. The summed E-state index contributed by atoms with van der Waals surface area (Å²) in [4.78, 5) is 45.4. The number of rotatable bonds is 5. The van der Waals surface area contributed by atoms with E-state index in [0.717, 1.165) is 24.8 Å². The van der Waals surface area contributed by atoms with Crippen LogP contribution in [0.25, 0.3) is 0 Å². The number of likely N-dealkylation sites (tertiary alicyclic amines) is 1. The zero-order valence-electron chi connectivity index (χ0n) is 24.2. The van der Waals surface area contributed by atoms with E-state index in [1.165, 1.54) is 0 Å². The summed E-state index contributed by atoms with van der Waals surface area (Å²) in [5, 5.41) is 0. The topological polar surface area (TPSA) is 105 Å². The molecule has 0 bridgehead atoms. The van der Waals surface area contributed by atoms with E-state index in [-0.39, 0.29) is 35.4 Å². The van der Waals surface area contributed by atoms with Gasteiger partial charge in [0.15, 0.2) is 5.60 Å². The summed E-state index contributed by atoms with van der Waals surface area (Å²) in [5.74, 6) is 0.335. The monoisotopic (exact) mass is 528 g/mol. The van der Waals surface area contributed by atoms with Gasteiger partial charge in [-0.1, -0.05) is 0 Å². The van der Waals surface area contributed by atoms with Crippen molar-refractivity contribution >= 4 is 23.6 Å². The van der Waals surface area contributed by atoms with Crippen LogP contribution in [0.1, 0.15) is 83.7 Å². The average Bonchev–Trinajstić information content (AvgIpc) is 3.46. The molecule has 1 spiro atoms. The highest BCUT2D eigenvalue weighted by Gasteiger charge is 2.60. The van der Waals surface area contributed by atoms with E-state index in [9.17, 15) is 14.4 Å². The Balaban J connectivity index is 1.61. The van der Waals surface area contributed by atoms with E-state index < -0.39 is 11.2 Å². The van der Waals surface area contributed by atoms with E-state index in [1.54, 1.807) is 29.7 Å². The molecule has 9 nitrogen and oxygen atoms in total. The Bertz CT molecular complexity index is 1120. The van der Waals surface area contributed by atoms with Gasteiger partial charge in [-0.3, -0.25) is 9.59 Å². The molecular weight excluding hydrogens is 484 g/mol. The third kappa shape index (κ3) is 5.22. The number of nitrogens with zero attached hydrogens (tertiary/aromatic N) is 3. The molecule has 1 saturated heterocycles. The molecule has 2 N–H and O–H groups in total. The average molecular weight is 529 g/mol. The summed E-state index contributed by atoms with van der Waals surface area (Å²) in [6.07, 6.45) is 2.42. The number of anilines is 1. The second-order valence-electron chi connectivity index (χ2n) is 12.9. The van der Waals surface area contributed by atoms with E-state index in [1.807, 2.05) is 52.5 Å². The molecule has 3 aliphatic rings. The van der Waals surface area contributed by atoms with Crippen molar-refractivity contribution in [1.29, 1.82) is 0 Å². The van der Waals surface area contributed by atoms with Crippen molar-refractivity contribution in [1.82, 2.24) is 9.80 Å². The number of hydrogen-bond donors (Lipinski definition) is 1. The largest absolute Gasteiger partial charge is 0.476 e. The minimum Gasteiger partial charge on any atom is -0.476 e.